The third-order valence-corrected chi connectivity index (χ3v) is 9.92. The van der Waals surface area contributed by atoms with Gasteiger partial charge in [0.2, 0.25) is 0 Å². The fraction of sp³-hybridized carbons (Fsp3) is 1.00. The van der Waals surface area contributed by atoms with Crippen molar-refractivity contribution >= 4 is 35.2 Å². The van der Waals surface area contributed by atoms with Crippen LogP contribution in [0.3, 0.4) is 0 Å². The smallest absolute Gasteiger partial charge is 0.485 e. The lowest BCUT2D eigenvalue weighted by Gasteiger charge is -2.14. The number of halogens is 5. The summed E-state index contributed by atoms with van der Waals surface area (Å²) in [5.41, 5.74) is -5.65. The van der Waals surface area contributed by atoms with E-state index in [-0.39, 0.29) is 9.90 Å². The second kappa shape index (κ2) is 8.91. The van der Waals surface area contributed by atoms with Gasteiger partial charge < -0.3 is 4.55 Å². The molecule has 0 spiro atoms. The Balaban J connectivity index is -0.000000238. The van der Waals surface area contributed by atoms with Gasteiger partial charge in [-0.2, -0.15) is 23.1 Å². The Morgan fingerprint density at radius 2 is 1.39 bits per heavy atom. The molecule has 0 fully saturated rings. The van der Waals surface area contributed by atoms with Gasteiger partial charge in [0, 0.05) is 0 Å². The summed E-state index contributed by atoms with van der Waals surface area (Å²) in [6, 6.07) is 0. The number of hydrogen-bond donors (Lipinski definition) is 0. The molecule has 0 aliphatic carbocycles. The van der Waals surface area contributed by atoms with Crippen LogP contribution in [0.15, 0.2) is 0 Å². The maximum absolute atomic E-state index is 12.2. The molecule has 0 saturated heterocycles. The highest BCUT2D eigenvalue weighted by atomic mass is 32.2. The Bertz CT molecular complexity index is 315. The minimum Gasteiger partial charge on any atom is -0.741 e. The van der Waals surface area contributed by atoms with Crippen LogP contribution in [0.25, 0.3) is 0 Å². The van der Waals surface area contributed by atoms with Gasteiger partial charge in [0.1, 0.15) is 0 Å². The van der Waals surface area contributed by atoms with E-state index in [0.717, 1.165) is 0 Å². The summed E-state index contributed by atoms with van der Waals surface area (Å²) in [7, 11) is -8.73. The third-order valence-electron chi connectivity index (χ3n) is 2.01. The van der Waals surface area contributed by atoms with E-state index in [2.05, 4.69) is 0 Å². The third kappa shape index (κ3) is 8.87. The van der Waals surface area contributed by atoms with Crippen LogP contribution in [0.1, 0.15) is 13.8 Å². The molecule has 0 radical (unpaired) electrons. The Hall–Kier alpha value is 0.850. The van der Waals surface area contributed by atoms with Gasteiger partial charge in [-0.3, -0.25) is 0 Å². The fourth-order valence-corrected chi connectivity index (χ4v) is 2.60. The first-order chi connectivity index (χ1) is 7.31. The normalized spacial score (nSPS) is 12.6. The first-order valence-corrected chi connectivity index (χ1v) is 10.1. The molecule has 0 aliphatic heterocycles. The average Bonchev–Trinajstić information content (AvgIpc) is 2.14. The summed E-state index contributed by atoms with van der Waals surface area (Å²) in [6.45, 7) is 3.72. The molecule has 0 aliphatic rings. The molecule has 1 unspecified atom stereocenters. The maximum Gasteiger partial charge on any atom is 0.485 e. The van der Waals surface area contributed by atoms with Crippen molar-refractivity contribution in [2.45, 2.75) is 19.4 Å². The van der Waals surface area contributed by atoms with E-state index in [4.69, 9.17) is 13.0 Å². The molecule has 12 heteroatoms. The monoisotopic (exact) mass is 356 g/mol. The van der Waals surface area contributed by atoms with Crippen molar-refractivity contribution in [3.63, 3.8) is 0 Å². The van der Waals surface area contributed by atoms with E-state index in [1.165, 1.54) is 0 Å². The lowest BCUT2D eigenvalue weighted by Crippen LogP contribution is -2.21. The fourth-order valence-electron chi connectivity index (χ4n) is 0.437. The minimum absolute atomic E-state index is 0. The van der Waals surface area contributed by atoms with Gasteiger partial charge in [0.05, 0.1) is 25.9 Å². The van der Waals surface area contributed by atoms with Gasteiger partial charge in [0.25, 0.3) is 0 Å². The quantitative estimate of drug-likeness (QED) is 0.333. The largest absolute Gasteiger partial charge is 0.741 e. The van der Waals surface area contributed by atoms with E-state index in [9.17, 15) is 21.6 Å². The van der Waals surface area contributed by atoms with Gasteiger partial charge in [-0.05, 0) is 13.8 Å². The topological polar surface area (TPSA) is 57.2 Å². The van der Waals surface area contributed by atoms with Gasteiger partial charge in [0.15, 0.2) is 10.1 Å². The summed E-state index contributed by atoms with van der Waals surface area (Å²) >= 11 is 0. The van der Waals surface area contributed by atoms with Crippen LogP contribution in [-0.2, 0) is 10.1 Å². The molecule has 3 nitrogen and oxygen atoms in total. The van der Waals surface area contributed by atoms with Crippen molar-refractivity contribution in [2.75, 3.05) is 19.0 Å². The summed E-state index contributed by atoms with van der Waals surface area (Å²) in [5, 5.41) is 0. The molecule has 0 aromatic heterocycles. The summed E-state index contributed by atoms with van der Waals surface area (Å²) in [5.74, 6) is 0. The van der Waals surface area contributed by atoms with Crippen molar-refractivity contribution < 1.29 is 34.5 Å². The SMILES string of the molecule is CC[P+](C)(CC)P(F)F.O=S(=O)([O-])C(F)(F)F.P. The van der Waals surface area contributed by atoms with Crippen LogP contribution in [0.5, 0.6) is 0 Å². The highest BCUT2D eigenvalue weighted by Crippen LogP contribution is 2.83. The zero-order chi connectivity index (χ0) is 14.5. The van der Waals surface area contributed by atoms with E-state index in [0.29, 0.717) is 12.3 Å². The molecule has 0 heterocycles. The molecule has 0 aromatic rings. The second-order valence-corrected chi connectivity index (χ2v) is 12.6. The van der Waals surface area contributed by atoms with Crippen molar-refractivity contribution in [3.05, 3.63) is 0 Å². The predicted molar refractivity (Wildman–Crippen MR) is 69.9 cm³/mol. The summed E-state index contributed by atoms with van der Waals surface area (Å²) in [4.78, 5) is 0. The van der Waals surface area contributed by atoms with Crippen LogP contribution in [-0.4, -0.2) is 37.5 Å². The van der Waals surface area contributed by atoms with E-state index in [1.807, 2.05) is 13.8 Å². The van der Waals surface area contributed by atoms with Crippen molar-refractivity contribution in [1.29, 1.82) is 0 Å². The highest BCUT2D eigenvalue weighted by molar-refractivity contribution is 8.34. The van der Waals surface area contributed by atoms with Crippen LogP contribution in [0, 0.1) is 0 Å². The van der Waals surface area contributed by atoms with Crippen molar-refractivity contribution in [2.24, 2.45) is 0 Å². The molecule has 0 aromatic carbocycles. The number of hydrogen-bond acceptors (Lipinski definition) is 3. The molecule has 18 heavy (non-hydrogen) atoms. The van der Waals surface area contributed by atoms with Gasteiger partial charge in [-0.25, -0.2) is 8.42 Å². The van der Waals surface area contributed by atoms with E-state index < -0.39 is 30.8 Å². The second-order valence-electron chi connectivity index (χ2n) is 3.09. The first-order valence-electron chi connectivity index (χ1n) is 4.30. The minimum atomic E-state index is -6.09. The Morgan fingerprint density at radius 1 is 1.17 bits per heavy atom. The van der Waals surface area contributed by atoms with E-state index >= 15 is 0 Å². The standard InChI is InChI=1S/C5H13F2P2.CHF3O3S.H3P/c1-4-9(3,5-2)8(6)7;2-1(3,4)8(5,6)7;/h4-5H2,1-3H3;(H,5,6,7);1H3/q+1;;/p-1. The molecule has 1 atom stereocenters. The predicted octanol–water partition coefficient (Wildman–Crippen LogP) is 3.95. The van der Waals surface area contributed by atoms with Crippen LogP contribution < -0.4 is 0 Å². The highest BCUT2D eigenvalue weighted by Gasteiger charge is 2.41. The molecule has 0 N–H and O–H groups in total. The average molecular weight is 356 g/mol. The Labute approximate surface area is 109 Å². The number of rotatable bonds is 3. The first kappa shape index (κ1) is 23.9. The zero-order valence-electron chi connectivity index (χ0n) is 10.0. The zero-order valence-corrected chi connectivity index (χ0v) is 14.1. The van der Waals surface area contributed by atoms with E-state index in [1.54, 1.807) is 6.66 Å². The van der Waals surface area contributed by atoms with Gasteiger partial charge in [-0.15, -0.1) is 8.39 Å². The molecule has 114 valence electrons. The number of alkyl halides is 3. The Kier molecular flexibility index (Phi) is 11.8. The Morgan fingerprint density at radius 3 is 1.39 bits per heavy atom. The molecule has 0 bridgehead atoms. The lowest BCUT2D eigenvalue weighted by molar-refractivity contribution is -0.0517. The van der Waals surface area contributed by atoms with Crippen LogP contribution in [0.2, 0.25) is 0 Å². The summed E-state index contributed by atoms with van der Waals surface area (Å²) < 4.78 is 83.3. The van der Waals surface area contributed by atoms with Crippen molar-refractivity contribution in [3.8, 4) is 0 Å². The molecular weight excluding hydrogens is 340 g/mol. The molecule has 0 amide bonds. The lowest BCUT2D eigenvalue weighted by atomic mass is 11.0. The van der Waals surface area contributed by atoms with Crippen molar-refractivity contribution in [1.82, 2.24) is 0 Å². The molecule has 0 rings (SSSR count). The molecule has 0 saturated carbocycles. The maximum atomic E-state index is 12.2. The molecular formula is C6H16F5O3P3S. The summed E-state index contributed by atoms with van der Waals surface area (Å²) in [6.07, 6.45) is 1.39. The van der Waals surface area contributed by atoms with Gasteiger partial charge >= 0.3 is 13.7 Å². The van der Waals surface area contributed by atoms with Crippen LogP contribution >= 0.6 is 25.1 Å². The van der Waals surface area contributed by atoms with Crippen LogP contribution in [0.4, 0.5) is 21.6 Å². The van der Waals surface area contributed by atoms with Gasteiger partial charge in [-0.1, -0.05) is 0 Å².